The molecule has 5 heteroatoms. The minimum absolute atomic E-state index is 0.0232. The van der Waals surface area contributed by atoms with Gasteiger partial charge in [-0.3, -0.25) is 9.59 Å². The summed E-state index contributed by atoms with van der Waals surface area (Å²) in [5.41, 5.74) is 5.99. The molecule has 3 N–H and O–H groups in total. The minimum Gasteiger partial charge on any atom is -0.355 e. The molecule has 0 aromatic carbocycles. The summed E-state index contributed by atoms with van der Waals surface area (Å²) in [6.45, 7) is 4.29. The number of amides is 2. The van der Waals surface area contributed by atoms with Crippen LogP contribution in [-0.4, -0.2) is 41.9 Å². The van der Waals surface area contributed by atoms with Gasteiger partial charge in [0.25, 0.3) is 0 Å². The first-order valence-electron chi connectivity index (χ1n) is 8.26. The number of likely N-dealkylation sites (tertiary alicyclic amines) is 1. The van der Waals surface area contributed by atoms with Gasteiger partial charge < -0.3 is 16.0 Å². The quantitative estimate of drug-likeness (QED) is 0.758. The normalized spacial score (nSPS) is 40.4. The van der Waals surface area contributed by atoms with Crippen molar-refractivity contribution in [3.8, 4) is 0 Å². The average molecular weight is 293 g/mol. The lowest BCUT2D eigenvalue weighted by atomic mass is 9.73. The third-order valence-corrected chi connectivity index (χ3v) is 5.72. The minimum atomic E-state index is -0.371. The summed E-state index contributed by atoms with van der Waals surface area (Å²) in [6.07, 6.45) is 6.67. The maximum atomic E-state index is 12.9. The van der Waals surface area contributed by atoms with Gasteiger partial charge in [-0.25, -0.2) is 0 Å². The number of nitrogens with one attached hydrogen (secondary N) is 1. The fourth-order valence-corrected chi connectivity index (χ4v) is 4.42. The maximum absolute atomic E-state index is 12.9. The van der Waals surface area contributed by atoms with E-state index < -0.39 is 0 Å². The Morgan fingerprint density at radius 3 is 2.81 bits per heavy atom. The van der Waals surface area contributed by atoms with E-state index in [9.17, 15) is 9.59 Å². The summed E-state index contributed by atoms with van der Waals surface area (Å²) in [6, 6.07) is 0. The second-order valence-corrected chi connectivity index (χ2v) is 7.62. The van der Waals surface area contributed by atoms with E-state index in [4.69, 9.17) is 5.73 Å². The molecule has 2 heterocycles. The van der Waals surface area contributed by atoms with Crippen LogP contribution in [0.25, 0.3) is 0 Å². The second kappa shape index (κ2) is 5.27. The molecule has 2 aliphatic heterocycles. The fraction of sp³-hybridized carbons (Fsp3) is 0.875. The Bertz CT molecular complexity index is 449. The van der Waals surface area contributed by atoms with E-state index in [-0.39, 0.29) is 28.7 Å². The zero-order valence-corrected chi connectivity index (χ0v) is 13.0. The summed E-state index contributed by atoms with van der Waals surface area (Å²) < 4.78 is 0. The first-order valence-corrected chi connectivity index (χ1v) is 8.26. The van der Waals surface area contributed by atoms with E-state index in [0.29, 0.717) is 6.42 Å². The third kappa shape index (κ3) is 2.80. The predicted octanol–water partition coefficient (Wildman–Crippen LogP) is 1.02. The van der Waals surface area contributed by atoms with Gasteiger partial charge in [0.1, 0.15) is 0 Å². The standard InChI is InChI=1S/C16H27N3O2/c1-15(17)6-3-2-5-12(15)14(21)19-8-4-7-16(11-19)9-13(20)18-10-16/h12H,2-11,17H2,1H3,(H,18,20). The number of rotatable bonds is 1. The molecular formula is C16H27N3O2. The number of hydrogen-bond donors (Lipinski definition) is 2. The monoisotopic (exact) mass is 293 g/mol. The Balaban J connectivity index is 1.71. The van der Waals surface area contributed by atoms with Crippen LogP contribution in [0.15, 0.2) is 0 Å². The van der Waals surface area contributed by atoms with Gasteiger partial charge in [-0.15, -0.1) is 0 Å². The Labute approximate surface area is 126 Å². The van der Waals surface area contributed by atoms with Crippen LogP contribution in [0.5, 0.6) is 0 Å². The van der Waals surface area contributed by atoms with Crippen molar-refractivity contribution in [2.45, 2.75) is 57.4 Å². The molecule has 3 aliphatic rings. The highest BCUT2D eigenvalue weighted by atomic mass is 16.2. The van der Waals surface area contributed by atoms with E-state index in [2.05, 4.69) is 5.32 Å². The molecule has 1 saturated carbocycles. The molecule has 3 fully saturated rings. The van der Waals surface area contributed by atoms with Crippen LogP contribution >= 0.6 is 0 Å². The van der Waals surface area contributed by atoms with Gasteiger partial charge in [0.05, 0.1) is 5.92 Å². The summed E-state index contributed by atoms with van der Waals surface area (Å²) in [5, 5.41) is 2.93. The molecule has 1 aliphatic carbocycles. The van der Waals surface area contributed by atoms with Crippen molar-refractivity contribution in [3.63, 3.8) is 0 Å². The summed E-state index contributed by atoms with van der Waals surface area (Å²) in [4.78, 5) is 26.5. The molecule has 0 radical (unpaired) electrons. The second-order valence-electron chi connectivity index (χ2n) is 7.62. The zero-order chi connectivity index (χ0) is 15.1. The third-order valence-electron chi connectivity index (χ3n) is 5.72. The van der Waals surface area contributed by atoms with Crippen molar-refractivity contribution < 1.29 is 9.59 Å². The van der Waals surface area contributed by atoms with Crippen LogP contribution in [0, 0.1) is 11.3 Å². The molecule has 3 rings (SSSR count). The largest absolute Gasteiger partial charge is 0.355 e. The summed E-state index contributed by atoms with van der Waals surface area (Å²) >= 11 is 0. The number of piperidine rings is 1. The number of hydrogen-bond acceptors (Lipinski definition) is 3. The van der Waals surface area contributed by atoms with Gasteiger partial charge in [-0.2, -0.15) is 0 Å². The van der Waals surface area contributed by atoms with Gasteiger partial charge in [0.15, 0.2) is 0 Å². The molecule has 3 unspecified atom stereocenters. The highest BCUT2D eigenvalue weighted by molar-refractivity contribution is 5.82. The van der Waals surface area contributed by atoms with Gasteiger partial charge in [-0.1, -0.05) is 12.8 Å². The molecule has 5 nitrogen and oxygen atoms in total. The highest BCUT2D eigenvalue weighted by Crippen LogP contribution is 2.39. The van der Waals surface area contributed by atoms with Crippen LogP contribution in [0.3, 0.4) is 0 Å². The van der Waals surface area contributed by atoms with Crippen molar-refractivity contribution in [2.24, 2.45) is 17.1 Å². The van der Waals surface area contributed by atoms with Crippen LogP contribution in [0.2, 0.25) is 0 Å². The molecule has 2 saturated heterocycles. The number of carbonyl (C=O) groups is 2. The molecule has 1 spiro atoms. The van der Waals surface area contributed by atoms with Crippen LogP contribution < -0.4 is 11.1 Å². The lowest BCUT2D eigenvalue weighted by Crippen LogP contribution is -2.56. The maximum Gasteiger partial charge on any atom is 0.227 e. The Morgan fingerprint density at radius 2 is 2.14 bits per heavy atom. The van der Waals surface area contributed by atoms with E-state index in [1.807, 2.05) is 11.8 Å². The number of nitrogens with zero attached hydrogens (tertiary/aromatic N) is 1. The summed E-state index contributed by atoms with van der Waals surface area (Å²) in [7, 11) is 0. The van der Waals surface area contributed by atoms with Crippen LogP contribution in [0.1, 0.15) is 51.9 Å². The first kappa shape index (κ1) is 14.8. The van der Waals surface area contributed by atoms with Gasteiger partial charge in [0.2, 0.25) is 11.8 Å². The van der Waals surface area contributed by atoms with Crippen molar-refractivity contribution in [1.82, 2.24) is 10.2 Å². The van der Waals surface area contributed by atoms with E-state index >= 15 is 0 Å². The molecule has 3 atom stereocenters. The number of carbonyl (C=O) groups excluding carboxylic acids is 2. The predicted molar refractivity (Wildman–Crippen MR) is 80.4 cm³/mol. The average Bonchev–Trinajstić information content (AvgIpc) is 2.78. The van der Waals surface area contributed by atoms with E-state index in [1.165, 1.54) is 0 Å². The summed E-state index contributed by atoms with van der Waals surface area (Å²) in [5.74, 6) is 0.301. The molecule has 0 aromatic heterocycles. The van der Waals surface area contributed by atoms with Gasteiger partial charge in [-0.05, 0) is 32.6 Å². The van der Waals surface area contributed by atoms with Crippen molar-refractivity contribution in [1.29, 1.82) is 0 Å². The van der Waals surface area contributed by atoms with Gasteiger partial charge >= 0.3 is 0 Å². The van der Waals surface area contributed by atoms with Crippen molar-refractivity contribution >= 4 is 11.8 Å². The molecule has 21 heavy (non-hydrogen) atoms. The Morgan fingerprint density at radius 1 is 1.33 bits per heavy atom. The SMILES string of the molecule is CC1(N)CCCCC1C(=O)N1CCCC2(CNC(=O)C2)C1. The van der Waals surface area contributed by atoms with Crippen LogP contribution in [0.4, 0.5) is 0 Å². The van der Waals surface area contributed by atoms with E-state index in [0.717, 1.165) is 58.2 Å². The first-order chi connectivity index (χ1) is 9.92. The van der Waals surface area contributed by atoms with Gasteiger partial charge in [0, 0.05) is 37.0 Å². The van der Waals surface area contributed by atoms with Crippen molar-refractivity contribution in [2.75, 3.05) is 19.6 Å². The lowest BCUT2D eigenvalue weighted by molar-refractivity contribution is -0.142. The van der Waals surface area contributed by atoms with Crippen LogP contribution in [-0.2, 0) is 9.59 Å². The number of nitrogens with two attached hydrogens (primary N) is 1. The molecule has 2 amide bonds. The smallest absolute Gasteiger partial charge is 0.227 e. The molecule has 118 valence electrons. The molecular weight excluding hydrogens is 266 g/mol. The lowest BCUT2D eigenvalue weighted by Gasteiger charge is -2.44. The van der Waals surface area contributed by atoms with Crippen molar-refractivity contribution in [3.05, 3.63) is 0 Å². The molecule has 0 bridgehead atoms. The Hall–Kier alpha value is -1.10. The highest BCUT2D eigenvalue weighted by Gasteiger charge is 2.46. The molecule has 0 aromatic rings. The topological polar surface area (TPSA) is 75.4 Å². The fourth-order valence-electron chi connectivity index (χ4n) is 4.42. The van der Waals surface area contributed by atoms with E-state index in [1.54, 1.807) is 0 Å². The Kier molecular flexibility index (Phi) is 3.72. The zero-order valence-electron chi connectivity index (χ0n) is 13.0.